The molecule has 0 N–H and O–H groups in total. The van der Waals surface area contributed by atoms with Gasteiger partial charge in [-0.05, 0) is 18.4 Å². The van der Waals surface area contributed by atoms with Crippen molar-refractivity contribution in [2.75, 3.05) is 20.3 Å². The van der Waals surface area contributed by atoms with E-state index in [9.17, 15) is 0 Å². The standard InChI is InChI=1S/C7H13N3O2/c1-11-6-3-2-4-12-7(6)5-9-10-8/h6-7H,2-5H2,1H3/t6-,7+/m0/s1. The second kappa shape index (κ2) is 4.98. The molecule has 0 spiro atoms. The Morgan fingerprint density at radius 2 is 2.58 bits per heavy atom. The van der Waals surface area contributed by atoms with E-state index in [4.69, 9.17) is 15.0 Å². The molecule has 1 rings (SSSR count). The summed E-state index contributed by atoms with van der Waals surface area (Å²) in [5.41, 5.74) is 8.12. The molecule has 2 atom stereocenters. The molecular weight excluding hydrogens is 158 g/mol. The maximum atomic E-state index is 8.12. The Bertz CT molecular complexity index is 179. The van der Waals surface area contributed by atoms with Crippen LogP contribution in [0.15, 0.2) is 5.11 Å². The van der Waals surface area contributed by atoms with Gasteiger partial charge >= 0.3 is 0 Å². The molecule has 5 heteroatoms. The smallest absolute Gasteiger partial charge is 0.0892 e. The Morgan fingerprint density at radius 3 is 3.25 bits per heavy atom. The van der Waals surface area contributed by atoms with Crippen LogP contribution in [0.5, 0.6) is 0 Å². The van der Waals surface area contributed by atoms with Gasteiger partial charge in [0.15, 0.2) is 0 Å². The molecule has 0 saturated carbocycles. The van der Waals surface area contributed by atoms with Crippen molar-refractivity contribution in [1.29, 1.82) is 0 Å². The van der Waals surface area contributed by atoms with Crippen molar-refractivity contribution in [3.8, 4) is 0 Å². The van der Waals surface area contributed by atoms with Crippen molar-refractivity contribution >= 4 is 0 Å². The van der Waals surface area contributed by atoms with Gasteiger partial charge < -0.3 is 9.47 Å². The Morgan fingerprint density at radius 1 is 1.75 bits per heavy atom. The Kier molecular flexibility index (Phi) is 3.87. The van der Waals surface area contributed by atoms with Gasteiger partial charge in [0.2, 0.25) is 0 Å². The molecule has 0 amide bonds. The molecule has 0 aromatic rings. The molecule has 1 heterocycles. The molecule has 1 aliphatic rings. The van der Waals surface area contributed by atoms with Crippen LogP contribution in [0.3, 0.4) is 0 Å². The van der Waals surface area contributed by atoms with Crippen LogP contribution >= 0.6 is 0 Å². The van der Waals surface area contributed by atoms with Gasteiger partial charge in [-0.25, -0.2) is 0 Å². The number of hydrogen-bond donors (Lipinski definition) is 0. The number of azide groups is 1. The zero-order valence-electron chi connectivity index (χ0n) is 7.14. The highest BCUT2D eigenvalue weighted by Crippen LogP contribution is 2.16. The minimum Gasteiger partial charge on any atom is -0.379 e. The number of nitrogens with zero attached hydrogens (tertiary/aromatic N) is 3. The first kappa shape index (κ1) is 9.32. The third-order valence-electron chi connectivity index (χ3n) is 2.01. The first-order valence-corrected chi connectivity index (χ1v) is 4.03. The second-order valence-electron chi connectivity index (χ2n) is 2.74. The zero-order chi connectivity index (χ0) is 8.81. The summed E-state index contributed by atoms with van der Waals surface area (Å²) in [5, 5.41) is 3.47. The van der Waals surface area contributed by atoms with Crippen LogP contribution in [0.1, 0.15) is 12.8 Å². The zero-order valence-corrected chi connectivity index (χ0v) is 7.14. The van der Waals surface area contributed by atoms with E-state index in [1.54, 1.807) is 7.11 Å². The molecule has 0 aromatic carbocycles. The van der Waals surface area contributed by atoms with E-state index in [0.717, 1.165) is 19.4 Å². The minimum atomic E-state index is -0.0559. The maximum absolute atomic E-state index is 8.12. The third kappa shape index (κ3) is 2.37. The van der Waals surface area contributed by atoms with Gasteiger partial charge in [0.25, 0.3) is 0 Å². The summed E-state index contributed by atoms with van der Waals surface area (Å²) in [6, 6.07) is 0. The Labute approximate surface area is 71.3 Å². The van der Waals surface area contributed by atoms with Crippen molar-refractivity contribution in [2.45, 2.75) is 25.0 Å². The molecular formula is C7H13N3O2. The van der Waals surface area contributed by atoms with Gasteiger partial charge in [-0.15, -0.1) is 0 Å². The predicted octanol–water partition coefficient (Wildman–Crippen LogP) is 1.49. The summed E-state index contributed by atoms with van der Waals surface area (Å²) in [7, 11) is 1.66. The van der Waals surface area contributed by atoms with Crippen LogP contribution in [0, 0.1) is 0 Å². The van der Waals surface area contributed by atoms with Crippen LogP contribution in [0.2, 0.25) is 0 Å². The van der Waals surface area contributed by atoms with Crippen molar-refractivity contribution in [1.82, 2.24) is 0 Å². The SMILES string of the molecule is CO[C@H]1CCCO[C@@H]1CN=[N+]=[N-]. The van der Waals surface area contributed by atoms with Crippen LogP contribution in [-0.2, 0) is 9.47 Å². The van der Waals surface area contributed by atoms with Gasteiger partial charge in [-0.3, -0.25) is 0 Å². The molecule has 0 radical (unpaired) electrons. The molecule has 1 fully saturated rings. The first-order valence-electron chi connectivity index (χ1n) is 4.03. The summed E-state index contributed by atoms with van der Waals surface area (Å²) >= 11 is 0. The van der Waals surface area contributed by atoms with Crippen molar-refractivity contribution in [3.05, 3.63) is 10.4 Å². The molecule has 1 aliphatic heterocycles. The van der Waals surface area contributed by atoms with Crippen LogP contribution < -0.4 is 0 Å². The quantitative estimate of drug-likeness (QED) is 0.366. The summed E-state index contributed by atoms with van der Waals surface area (Å²) in [6.45, 7) is 1.11. The summed E-state index contributed by atoms with van der Waals surface area (Å²) < 4.78 is 10.6. The molecule has 68 valence electrons. The van der Waals surface area contributed by atoms with Gasteiger partial charge in [-0.2, -0.15) is 0 Å². The number of rotatable bonds is 3. The van der Waals surface area contributed by atoms with E-state index in [1.807, 2.05) is 0 Å². The normalized spacial score (nSPS) is 29.4. The summed E-state index contributed by atoms with van der Waals surface area (Å²) in [4.78, 5) is 2.69. The van der Waals surface area contributed by atoms with Gasteiger partial charge in [0.05, 0.1) is 18.8 Å². The van der Waals surface area contributed by atoms with Crippen molar-refractivity contribution in [3.63, 3.8) is 0 Å². The highest BCUT2D eigenvalue weighted by molar-refractivity contribution is 4.76. The Balaban J connectivity index is 2.40. The highest BCUT2D eigenvalue weighted by atomic mass is 16.5. The number of methoxy groups -OCH3 is 1. The molecule has 0 aliphatic carbocycles. The number of hydrogen-bond acceptors (Lipinski definition) is 3. The van der Waals surface area contributed by atoms with Gasteiger partial charge in [-0.1, -0.05) is 5.11 Å². The van der Waals surface area contributed by atoms with E-state index >= 15 is 0 Å². The summed E-state index contributed by atoms with van der Waals surface area (Å²) in [5.74, 6) is 0. The highest BCUT2D eigenvalue weighted by Gasteiger charge is 2.24. The lowest BCUT2D eigenvalue weighted by atomic mass is 10.1. The van der Waals surface area contributed by atoms with Gasteiger partial charge in [0, 0.05) is 18.6 Å². The summed E-state index contributed by atoms with van der Waals surface area (Å²) in [6.07, 6.45) is 2.04. The van der Waals surface area contributed by atoms with E-state index in [2.05, 4.69) is 10.0 Å². The monoisotopic (exact) mass is 171 g/mol. The van der Waals surface area contributed by atoms with Crippen molar-refractivity contribution < 1.29 is 9.47 Å². The fraction of sp³-hybridized carbons (Fsp3) is 1.00. The molecule has 12 heavy (non-hydrogen) atoms. The fourth-order valence-corrected chi connectivity index (χ4v) is 1.37. The van der Waals surface area contributed by atoms with E-state index in [1.165, 1.54) is 0 Å². The van der Waals surface area contributed by atoms with E-state index in [0.29, 0.717) is 6.54 Å². The fourth-order valence-electron chi connectivity index (χ4n) is 1.37. The first-order chi connectivity index (χ1) is 5.88. The Hall–Kier alpha value is -0.770. The van der Waals surface area contributed by atoms with Crippen LogP contribution in [0.25, 0.3) is 10.4 Å². The molecule has 0 unspecified atom stereocenters. The molecule has 0 bridgehead atoms. The minimum absolute atomic E-state index is 0.0559. The van der Waals surface area contributed by atoms with E-state index < -0.39 is 0 Å². The topological polar surface area (TPSA) is 67.2 Å². The molecule has 1 saturated heterocycles. The average molecular weight is 171 g/mol. The van der Waals surface area contributed by atoms with Crippen LogP contribution in [0.4, 0.5) is 0 Å². The number of ether oxygens (including phenoxy) is 2. The van der Waals surface area contributed by atoms with Crippen LogP contribution in [-0.4, -0.2) is 32.5 Å². The lowest BCUT2D eigenvalue weighted by Crippen LogP contribution is -2.37. The third-order valence-corrected chi connectivity index (χ3v) is 2.01. The predicted molar refractivity (Wildman–Crippen MR) is 43.8 cm³/mol. The lowest BCUT2D eigenvalue weighted by molar-refractivity contribution is -0.0853. The van der Waals surface area contributed by atoms with Crippen molar-refractivity contribution in [2.24, 2.45) is 5.11 Å². The van der Waals surface area contributed by atoms with Gasteiger partial charge in [0.1, 0.15) is 0 Å². The van der Waals surface area contributed by atoms with E-state index in [-0.39, 0.29) is 12.2 Å². The second-order valence-corrected chi connectivity index (χ2v) is 2.74. The largest absolute Gasteiger partial charge is 0.379 e. The lowest BCUT2D eigenvalue weighted by Gasteiger charge is -2.29. The molecule has 0 aromatic heterocycles. The average Bonchev–Trinajstić information content (AvgIpc) is 2.15. The maximum Gasteiger partial charge on any atom is 0.0892 e. The molecule has 5 nitrogen and oxygen atoms in total.